The SMILES string of the molecule is O=C(/C=C/CN1CCCC1)NC1CC(Oc2cc(-c3ccc(O)cc3)cc3[nH]ncc23)C1. The third-order valence-electron chi connectivity index (χ3n) is 6.29. The highest BCUT2D eigenvalue weighted by molar-refractivity contribution is 5.90. The molecule has 2 aromatic carbocycles. The number of likely N-dealkylation sites (tertiary alicyclic amines) is 1. The van der Waals surface area contributed by atoms with Crippen molar-refractivity contribution in [2.75, 3.05) is 19.6 Å². The number of H-pyrrole nitrogens is 1. The molecule has 7 nitrogen and oxygen atoms in total. The van der Waals surface area contributed by atoms with Crippen LogP contribution in [0.2, 0.25) is 0 Å². The maximum Gasteiger partial charge on any atom is 0.243 e. The molecule has 7 heteroatoms. The van der Waals surface area contributed by atoms with Crippen LogP contribution in [0.25, 0.3) is 22.0 Å². The second-order valence-corrected chi connectivity index (χ2v) is 8.68. The molecular formula is C25H28N4O3. The standard InChI is InChI=1S/C25H28N4O3/c30-20-7-5-17(6-8-20)18-12-23-22(16-26-28-23)24(13-18)32-21-14-19(15-21)27-25(31)4-3-11-29-9-1-2-10-29/h3-8,12-13,16,19,21,30H,1-2,9-11,14-15H2,(H,26,28)(H,27,31)/b4-3+. The number of ether oxygens (including phenoxy) is 1. The van der Waals surface area contributed by atoms with Crippen LogP contribution in [0, 0.1) is 0 Å². The first-order valence-corrected chi connectivity index (χ1v) is 11.3. The van der Waals surface area contributed by atoms with Gasteiger partial charge in [-0.05, 0) is 61.3 Å². The number of phenolic OH excluding ortho intramolecular Hbond substituents is 1. The van der Waals surface area contributed by atoms with Gasteiger partial charge in [-0.15, -0.1) is 0 Å². The van der Waals surface area contributed by atoms with Gasteiger partial charge in [-0.2, -0.15) is 5.10 Å². The van der Waals surface area contributed by atoms with Crippen LogP contribution in [-0.2, 0) is 4.79 Å². The number of amides is 1. The van der Waals surface area contributed by atoms with E-state index < -0.39 is 0 Å². The molecule has 1 saturated heterocycles. The number of benzene rings is 2. The Labute approximate surface area is 187 Å². The van der Waals surface area contributed by atoms with E-state index in [2.05, 4.69) is 20.4 Å². The molecule has 32 heavy (non-hydrogen) atoms. The van der Waals surface area contributed by atoms with Crippen molar-refractivity contribution in [1.82, 2.24) is 20.4 Å². The lowest BCUT2D eigenvalue weighted by Gasteiger charge is -2.35. The van der Waals surface area contributed by atoms with E-state index in [0.717, 1.165) is 60.3 Å². The molecule has 1 saturated carbocycles. The van der Waals surface area contributed by atoms with Gasteiger partial charge < -0.3 is 15.2 Å². The fraction of sp³-hybridized carbons (Fsp3) is 0.360. The monoisotopic (exact) mass is 432 g/mol. The molecule has 5 rings (SSSR count). The minimum absolute atomic E-state index is 0.0285. The highest BCUT2D eigenvalue weighted by atomic mass is 16.5. The van der Waals surface area contributed by atoms with E-state index in [4.69, 9.17) is 4.74 Å². The second-order valence-electron chi connectivity index (χ2n) is 8.68. The zero-order valence-corrected chi connectivity index (χ0v) is 18.0. The molecule has 166 valence electrons. The largest absolute Gasteiger partial charge is 0.508 e. The number of fused-ring (bicyclic) bond motifs is 1. The van der Waals surface area contributed by atoms with Crippen molar-refractivity contribution in [1.29, 1.82) is 0 Å². The smallest absolute Gasteiger partial charge is 0.243 e. The molecule has 1 aromatic heterocycles. The molecular weight excluding hydrogens is 404 g/mol. The van der Waals surface area contributed by atoms with Gasteiger partial charge in [0.1, 0.15) is 17.6 Å². The summed E-state index contributed by atoms with van der Waals surface area (Å²) >= 11 is 0. The van der Waals surface area contributed by atoms with E-state index >= 15 is 0 Å². The fourth-order valence-electron chi connectivity index (χ4n) is 4.42. The molecule has 1 aliphatic heterocycles. The van der Waals surface area contributed by atoms with Gasteiger partial charge >= 0.3 is 0 Å². The van der Waals surface area contributed by atoms with Crippen molar-refractivity contribution in [2.45, 2.75) is 37.8 Å². The van der Waals surface area contributed by atoms with Crippen LogP contribution in [0.4, 0.5) is 0 Å². The van der Waals surface area contributed by atoms with Crippen LogP contribution in [0.3, 0.4) is 0 Å². The maximum absolute atomic E-state index is 12.2. The van der Waals surface area contributed by atoms with Crippen molar-refractivity contribution < 1.29 is 14.6 Å². The zero-order chi connectivity index (χ0) is 21.9. The van der Waals surface area contributed by atoms with Gasteiger partial charge in [0.2, 0.25) is 5.91 Å². The second kappa shape index (κ2) is 9.04. The number of aromatic nitrogens is 2. The van der Waals surface area contributed by atoms with E-state index in [1.165, 1.54) is 12.8 Å². The highest BCUT2D eigenvalue weighted by Gasteiger charge is 2.32. The summed E-state index contributed by atoms with van der Waals surface area (Å²) in [5.74, 6) is 0.986. The van der Waals surface area contributed by atoms with Gasteiger partial charge in [0.15, 0.2) is 0 Å². The van der Waals surface area contributed by atoms with Crippen molar-refractivity contribution in [2.24, 2.45) is 0 Å². The van der Waals surface area contributed by atoms with Gasteiger partial charge in [-0.1, -0.05) is 18.2 Å². The van der Waals surface area contributed by atoms with Crippen LogP contribution >= 0.6 is 0 Å². The number of aromatic hydroxyl groups is 1. The first-order valence-electron chi connectivity index (χ1n) is 11.3. The summed E-state index contributed by atoms with van der Waals surface area (Å²) < 4.78 is 6.28. The predicted octanol–water partition coefficient (Wildman–Crippen LogP) is 3.61. The molecule has 0 radical (unpaired) electrons. The summed E-state index contributed by atoms with van der Waals surface area (Å²) in [6.07, 6.45) is 9.53. The lowest BCUT2D eigenvalue weighted by Crippen LogP contribution is -2.48. The predicted molar refractivity (Wildman–Crippen MR) is 124 cm³/mol. The van der Waals surface area contributed by atoms with E-state index in [-0.39, 0.29) is 23.8 Å². The summed E-state index contributed by atoms with van der Waals surface area (Å²) in [5.41, 5.74) is 2.88. The van der Waals surface area contributed by atoms with Gasteiger partial charge in [0.05, 0.1) is 17.1 Å². The molecule has 1 amide bonds. The minimum atomic E-state index is -0.0285. The number of rotatable bonds is 7. The lowest BCUT2D eigenvalue weighted by atomic mass is 9.89. The Bertz CT molecular complexity index is 1110. The fourth-order valence-corrected chi connectivity index (χ4v) is 4.42. The molecule has 0 spiro atoms. The number of hydrogen-bond acceptors (Lipinski definition) is 5. The summed E-state index contributed by atoms with van der Waals surface area (Å²) in [6.45, 7) is 3.11. The van der Waals surface area contributed by atoms with Gasteiger partial charge in [0, 0.05) is 31.5 Å². The maximum atomic E-state index is 12.2. The van der Waals surface area contributed by atoms with Crippen LogP contribution < -0.4 is 10.1 Å². The zero-order valence-electron chi connectivity index (χ0n) is 18.0. The number of carbonyl (C=O) groups excluding carboxylic acids is 1. The summed E-state index contributed by atoms with van der Waals surface area (Å²) in [6, 6.07) is 11.3. The van der Waals surface area contributed by atoms with Crippen molar-refractivity contribution in [3.63, 3.8) is 0 Å². The topological polar surface area (TPSA) is 90.5 Å². The first kappa shape index (κ1) is 20.6. The lowest BCUT2D eigenvalue weighted by molar-refractivity contribution is -0.118. The molecule has 1 aliphatic carbocycles. The Kier molecular flexibility index (Phi) is 5.81. The Balaban J connectivity index is 1.18. The number of phenols is 1. The summed E-state index contributed by atoms with van der Waals surface area (Å²) in [4.78, 5) is 14.5. The Morgan fingerprint density at radius 3 is 2.75 bits per heavy atom. The van der Waals surface area contributed by atoms with E-state index in [0.29, 0.717) is 0 Å². The first-order chi connectivity index (χ1) is 15.6. The van der Waals surface area contributed by atoms with Crippen LogP contribution in [0.15, 0.2) is 54.7 Å². The number of nitrogens with zero attached hydrogens (tertiary/aromatic N) is 2. The van der Waals surface area contributed by atoms with Crippen molar-refractivity contribution in [3.8, 4) is 22.6 Å². The molecule has 0 unspecified atom stereocenters. The van der Waals surface area contributed by atoms with Crippen molar-refractivity contribution in [3.05, 3.63) is 54.7 Å². The molecule has 3 N–H and O–H groups in total. The highest BCUT2D eigenvalue weighted by Crippen LogP contribution is 2.35. The van der Waals surface area contributed by atoms with Gasteiger partial charge in [-0.3, -0.25) is 14.8 Å². The van der Waals surface area contributed by atoms with Gasteiger partial charge in [-0.25, -0.2) is 0 Å². The summed E-state index contributed by atoms with van der Waals surface area (Å²) in [5, 5.41) is 20.7. The molecule has 2 fully saturated rings. The number of carbonyl (C=O) groups is 1. The average Bonchev–Trinajstić information content (AvgIpc) is 3.44. The van der Waals surface area contributed by atoms with E-state index in [9.17, 15) is 9.90 Å². The molecule has 0 bridgehead atoms. The number of hydrogen-bond donors (Lipinski definition) is 3. The van der Waals surface area contributed by atoms with Crippen LogP contribution in [0.1, 0.15) is 25.7 Å². The van der Waals surface area contributed by atoms with Crippen LogP contribution in [-0.4, -0.2) is 57.9 Å². The average molecular weight is 433 g/mol. The Hall–Kier alpha value is -3.32. The number of aromatic amines is 1. The molecule has 2 aliphatic rings. The van der Waals surface area contributed by atoms with E-state index in [1.807, 2.05) is 30.3 Å². The Morgan fingerprint density at radius 1 is 1.19 bits per heavy atom. The molecule has 3 aromatic rings. The van der Waals surface area contributed by atoms with E-state index in [1.54, 1.807) is 24.4 Å². The minimum Gasteiger partial charge on any atom is -0.508 e. The summed E-state index contributed by atoms with van der Waals surface area (Å²) in [7, 11) is 0. The molecule has 0 atom stereocenters. The third-order valence-corrected chi connectivity index (χ3v) is 6.29. The normalized spacial score (nSPS) is 21.1. The van der Waals surface area contributed by atoms with Crippen LogP contribution in [0.5, 0.6) is 11.5 Å². The quantitative estimate of drug-likeness (QED) is 0.496. The third kappa shape index (κ3) is 4.62. The van der Waals surface area contributed by atoms with Gasteiger partial charge in [0.25, 0.3) is 0 Å². The van der Waals surface area contributed by atoms with Crippen molar-refractivity contribution >= 4 is 16.8 Å². The Morgan fingerprint density at radius 2 is 1.97 bits per heavy atom. The molecule has 2 heterocycles. The number of nitrogens with one attached hydrogen (secondary N) is 2.